The summed E-state index contributed by atoms with van der Waals surface area (Å²) in [5, 5.41) is 5.91. The molecular weight excluding hydrogens is 476 g/mol. The van der Waals surface area contributed by atoms with Crippen molar-refractivity contribution >= 4 is 23.2 Å². The van der Waals surface area contributed by atoms with Gasteiger partial charge in [0.1, 0.15) is 11.5 Å². The molecule has 0 aliphatic carbocycles. The van der Waals surface area contributed by atoms with E-state index in [-0.39, 0.29) is 11.8 Å². The van der Waals surface area contributed by atoms with Crippen molar-refractivity contribution in [1.29, 1.82) is 0 Å². The van der Waals surface area contributed by atoms with Crippen LogP contribution in [0.3, 0.4) is 0 Å². The van der Waals surface area contributed by atoms with Crippen LogP contribution >= 0.6 is 0 Å². The van der Waals surface area contributed by atoms with Gasteiger partial charge < -0.3 is 20.1 Å². The van der Waals surface area contributed by atoms with E-state index in [0.29, 0.717) is 11.5 Å². The molecule has 6 heteroatoms. The highest BCUT2D eigenvalue weighted by Gasteiger charge is 2.17. The van der Waals surface area contributed by atoms with Gasteiger partial charge in [-0.1, -0.05) is 48.5 Å². The standard InChI is InChI=1S/C32H32N2O4/c1-21-19-25(15-17-29(21)33-31(35)23(3)37-27-11-7-5-8-12-27)26-16-18-30(22(2)20-26)34-32(36)24(4)38-28-13-9-6-10-14-28/h5-20,23-24H,1-4H3,(H,33,35)(H,34,36)/t23-,24+. The molecule has 2 N–H and O–H groups in total. The number of nitrogens with one attached hydrogen (secondary N) is 2. The van der Waals surface area contributed by atoms with Gasteiger partial charge in [0.2, 0.25) is 0 Å². The van der Waals surface area contributed by atoms with E-state index < -0.39 is 12.2 Å². The predicted molar refractivity (Wildman–Crippen MR) is 152 cm³/mol. The molecule has 194 valence electrons. The van der Waals surface area contributed by atoms with Gasteiger partial charge in [0.25, 0.3) is 11.8 Å². The summed E-state index contributed by atoms with van der Waals surface area (Å²) < 4.78 is 11.5. The first-order valence-electron chi connectivity index (χ1n) is 12.6. The van der Waals surface area contributed by atoms with Gasteiger partial charge in [0, 0.05) is 11.4 Å². The third kappa shape index (κ3) is 6.79. The van der Waals surface area contributed by atoms with Crippen molar-refractivity contribution in [2.45, 2.75) is 39.9 Å². The van der Waals surface area contributed by atoms with Crippen LogP contribution in [0.4, 0.5) is 11.4 Å². The second-order valence-corrected chi connectivity index (χ2v) is 9.18. The number of carbonyl (C=O) groups excluding carboxylic acids is 2. The number of benzene rings is 4. The van der Waals surface area contributed by atoms with Crippen LogP contribution in [0.1, 0.15) is 25.0 Å². The number of carbonyl (C=O) groups is 2. The molecule has 6 nitrogen and oxygen atoms in total. The number of para-hydroxylation sites is 2. The van der Waals surface area contributed by atoms with Crippen molar-refractivity contribution in [2.75, 3.05) is 10.6 Å². The van der Waals surface area contributed by atoms with Crippen LogP contribution < -0.4 is 20.1 Å². The van der Waals surface area contributed by atoms with E-state index in [0.717, 1.165) is 33.6 Å². The summed E-state index contributed by atoms with van der Waals surface area (Å²) in [7, 11) is 0. The molecule has 0 aliphatic heterocycles. The maximum absolute atomic E-state index is 12.7. The Bertz CT molecular complexity index is 1290. The van der Waals surface area contributed by atoms with Crippen LogP contribution in [-0.2, 0) is 9.59 Å². The Balaban J connectivity index is 1.39. The zero-order chi connectivity index (χ0) is 27.1. The molecule has 0 unspecified atom stereocenters. The lowest BCUT2D eigenvalue weighted by atomic mass is 9.99. The molecule has 4 aromatic carbocycles. The highest BCUT2D eigenvalue weighted by molar-refractivity contribution is 5.96. The lowest BCUT2D eigenvalue weighted by Crippen LogP contribution is -2.30. The van der Waals surface area contributed by atoms with Crippen molar-refractivity contribution in [1.82, 2.24) is 0 Å². The molecule has 0 radical (unpaired) electrons. The average Bonchev–Trinajstić information content (AvgIpc) is 2.92. The molecule has 0 saturated carbocycles. The van der Waals surface area contributed by atoms with Crippen molar-refractivity contribution in [3.05, 3.63) is 108 Å². The minimum absolute atomic E-state index is 0.217. The molecule has 0 aromatic heterocycles. The van der Waals surface area contributed by atoms with Gasteiger partial charge >= 0.3 is 0 Å². The molecule has 0 aliphatic rings. The van der Waals surface area contributed by atoms with Crippen molar-refractivity contribution in [2.24, 2.45) is 0 Å². The van der Waals surface area contributed by atoms with E-state index in [1.807, 2.05) is 111 Å². The van der Waals surface area contributed by atoms with Gasteiger partial charge in [0.15, 0.2) is 12.2 Å². The highest BCUT2D eigenvalue weighted by Crippen LogP contribution is 2.28. The van der Waals surface area contributed by atoms with Crippen LogP contribution in [0.25, 0.3) is 11.1 Å². The second kappa shape index (κ2) is 12.1. The van der Waals surface area contributed by atoms with E-state index in [1.54, 1.807) is 13.8 Å². The first-order chi connectivity index (χ1) is 18.3. The predicted octanol–water partition coefficient (Wildman–Crippen LogP) is 6.78. The fourth-order valence-electron chi connectivity index (χ4n) is 3.95. The fraction of sp³-hybridized carbons (Fsp3) is 0.188. The van der Waals surface area contributed by atoms with E-state index >= 15 is 0 Å². The molecule has 4 rings (SSSR count). The molecule has 4 aromatic rings. The quantitative estimate of drug-likeness (QED) is 0.261. The number of rotatable bonds is 9. The highest BCUT2D eigenvalue weighted by atomic mass is 16.5. The summed E-state index contributed by atoms with van der Waals surface area (Å²) >= 11 is 0. The topological polar surface area (TPSA) is 76.7 Å². The first-order valence-corrected chi connectivity index (χ1v) is 12.6. The van der Waals surface area contributed by atoms with Crippen molar-refractivity contribution < 1.29 is 19.1 Å². The van der Waals surface area contributed by atoms with Gasteiger partial charge in [0.05, 0.1) is 0 Å². The Morgan fingerprint density at radius 2 is 0.947 bits per heavy atom. The monoisotopic (exact) mass is 508 g/mol. The Morgan fingerprint density at radius 3 is 1.29 bits per heavy atom. The number of ether oxygens (including phenoxy) is 2. The summed E-state index contributed by atoms with van der Waals surface area (Å²) in [6.45, 7) is 7.36. The Hall–Kier alpha value is -4.58. The van der Waals surface area contributed by atoms with Crippen molar-refractivity contribution in [3.8, 4) is 22.6 Å². The van der Waals surface area contributed by atoms with Crippen LogP contribution in [-0.4, -0.2) is 24.0 Å². The summed E-state index contributed by atoms with van der Waals surface area (Å²) in [5.41, 5.74) is 5.35. The lowest BCUT2D eigenvalue weighted by molar-refractivity contribution is -0.122. The van der Waals surface area contributed by atoms with E-state index in [2.05, 4.69) is 10.6 Å². The van der Waals surface area contributed by atoms with Crippen LogP contribution in [0.15, 0.2) is 97.1 Å². The number of amides is 2. The Morgan fingerprint density at radius 1 is 0.579 bits per heavy atom. The Kier molecular flexibility index (Phi) is 8.44. The molecule has 38 heavy (non-hydrogen) atoms. The minimum Gasteiger partial charge on any atom is -0.481 e. The minimum atomic E-state index is -0.636. The van der Waals surface area contributed by atoms with Gasteiger partial charge in [-0.05, 0) is 98.5 Å². The van der Waals surface area contributed by atoms with Crippen LogP contribution in [0.5, 0.6) is 11.5 Å². The van der Waals surface area contributed by atoms with Crippen LogP contribution in [0.2, 0.25) is 0 Å². The lowest BCUT2D eigenvalue weighted by Gasteiger charge is -2.17. The molecule has 0 fully saturated rings. The summed E-state index contributed by atoms with van der Waals surface area (Å²) in [5.74, 6) is 0.864. The molecule has 0 bridgehead atoms. The van der Waals surface area contributed by atoms with Crippen LogP contribution in [0, 0.1) is 13.8 Å². The fourth-order valence-corrected chi connectivity index (χ4v) is 3.95. The summed E-state index contributed by atoms with van der Waals surface area (Å²) in [6, 6.07) is 30.3. The zero-order valence-corrected chi connectivity index (χ0v) is 22.0. The van der Waals surface area contributed by atoms with Gasteiger partial charge in [-0.15, -0.1) is 0 Å². The Labute approximate surface area is 223 Å². The second-order valence-electron chi connectivity index (χ2n) is 9.18. The maximum atomic E-state index is 12.7. The molecule has 2 atom stereocenters. The van der Waals surface area contributed by atoms with E-state index in [9.17, 15) is 9.59 Å². The zero-order valence-electron chi connectivity index (χ0n) is 22.0. The summed E-state index contributed by atoms with van der Waals surface area (Å²) in [6.07, 6.45) is -1.27. The normalized spacial score (nSPS) is 12.2. The molecule has 0 heterocycles. The van der Waals surface area contributed by atoms with Gasteiger partial charge in [-0.3, -0.25) is 9.59 Å². The largest absolute Gasteiger partial charge is 0.481 e. The third-order valence-electron chi connectivity index (χ3n) is 6.15. The average molecular weight is 509 g/mol. The first kappa shape index (κ1) is 26.5. The molecule has 0 spiro atoms. The number of hydrogen-bond acceptors (Lipinski definition) is 4. The van der Waals surface area contributed by atoms with Gasteiger partial charge in [-0.25, -0.2) is 0 Å². The maximum Gasteiger partial charge on any atom is 0.265 e. The number of anilines is 2. The SMILES string of the molecule is Cc1cc(-c2ccc(NC(=O)[C@@H](C)Oc3ccccc3)c(C)c2)ccc1NC(=O)[C@H](C)Oc1ccccc1. The molecule has 2 amide bonds. The van der Waals surface area contributed by atoms with E-state index in [1.165, 1.54) is 0 Å². The smallest absolute Gasteiger partial charge is 0.265 e. The van der Waals surface area contributed by atoms with E-state index in [4.69, 9.17) is 9.47 Å². The number of hydrogen-bond donors (Lipinski definition) is 2. The molecular formula is C32H32N2O4. The number of aryl methyl sites for hydroxylation is 2. The van der Waals surface area contributed by atoms with Crippen molar-refractivity contribution in [3.63, 3.8) is 0 Å². The third-order valence-corrected chi connectivity index (χ3v) is 6.15. The molecule has 0 saturated heterocycles. The summed E-state index contributed by atoms with van der Waals surface area (Å²) in [4.78, 5) is 25.3. The van der Waals surface area contributed by atoms with Gasteiger partial charge in [-0.2, -0.15) is 0 Å².